The summed E-state index contributed by atoms with van der Waals surface area (Å²) in [5.74, 6) is -2.96. The molecule has 2 aliphatic heterocycles. The van der Waals surface area contributed by atoms with Gasteiger partial charge in [-0.25, -0.2) is 8.78 Å². The van der Waals surface area contributed by atoms with E-state index in [9.17, 15) is 19.1 Å². The van der Waals surface area contributed by atoms with Gasteiger partial charge in [-0.15, -0.1) is 11.3 Å². The first-order valence-electron chi connectivity index (χ1n) is 11.5. The smallest absolute Gasteiger partial charge is 0.278 e. The second kappa shape index (κ2) is 7.62. The van der Waals surface area contributed by atoms with Crippen LogP contribution in [0.1, 0.15) is 38.1 Å². The number of hydrogen-bond acceptors (Lipinski definition) is 6. The fourth-order valence-electron chi connectivity index (χ4n) is 5.75. The second-order valence-corrected chi connectivity index (χ2v) is 10.1. The molecule has 0 spiro atoms. The lowest BCUT2D eigenvalue weighted by molar-refractivity contribution is -0.0196. The number of halogens is 2. The van der Waals surface area contributed by atoms with Crippen molar-refractivity contribution in [3.8, 4) is 5.75 Å². The molecule has 4 aromatic rings. The molecule has 7 nitrogen and oxygen atoms in total. The molecule has 1 N–H and O–H groups in total. The SMILES string of the molecule is O=C1c2c(O)c(=O)ccn2N([C@H]2c3ccc(F)c(F)c3Cc3scc4cccc2c34)[C@@H]2COCCN12. The van der Waals surface area contributed by atoms with Gasteiger partial charge in [0.05, 0.1) is 19.3 Å². The van der Waals surface area contributed by atoms with Gasteiger partial charge in [0.2, 0.25) is 5.43 Å². The zero-order chi connectivity index (χ0) is 24.7. The van der Waals surface area contributed by atoms with Crippen molar-refractivity contribution in [2.24, 2.45) is 0 Å². The first-order chi connectivity index (χ1) is 17.5. The average Bonchev–Trinajstić information content (AvgIpc) is 3.24. The molecular formula is C26H19F2N3O4S. The molecule has 182 valence electrons. The van der Waals surface area contributed by atoms with Gasteiger partial charge < -0.3 is 14.7 Å². The zero-order valence-corrected chi connectivity index (χ0v) is 19.6. The van der Waals surface area contributed by atoms with Crippen molar-refractivity contribution < 1.29 is 23.4 Å². The van der Waals surface area contributed by atoms with Crippen LogP contribution in [0.25, 0.3) is 10.8 Å². The number of nitrogens with zero attached hydrogens (tertiary/aromatic N) is 3. The minimum Gasteiger partial charge on any atom is -0.502 e. The van der Waals surface area contributed by atoms with Gasteiger partial charge in [0, 0.05) is 41.1 Å². The Morgan fingerprint density at radius 2 is 1.94 bits per heavy atom. The number of thiophene rings is 1. The van der Waals surface area contributed by atoms with Gasteiger partial charge in [0.1, 0.15) is 6.17 Å². The summed E-state index contributed by atoms with van der Waals surface area (Å²) in [7, 11) is 0. The highest BCUT2D eigenvalue weighted by Gasteiger charge is 2.46. The molecule has 1 amide bonds. The maximum absolute atomic E-state index is 15.4. The number of aromatic hydroxyl groups is 1. The molecule has 2 atom stereocenters. The van der Waals surface area contributed by atoms with Crippen molar-refractivity contribution in [3.05, 3.63) is 97.1 Å². The Morgan fingerprint density at radius 1 is 1.08 bits per heavy atom. The number of ether oxygens (including phenoxy) is 1. The summed E-state index contributed by atoms with van der Waals surface area (Å²) in [6, 6.07) is 9.08. The number of carbonyl (C=O) groups excluding carboxylic acids is 1. The Labute approximate surface area is 207 Å². The summed E-state index contributed by atoms with van der Waals surface area (Å²) in [6.45, 7) is 0.729. The summed E-state index contributed by atoms with van der Waals surface area (Å²) in [5, 5.41) is 16.5. The Hall–Kier alpha value is -3.76. The van der Waals surface area contributed by atoms with Crippen molar-refractivity contribution in [3.63, 3.8) is 0 Å². The molecule has 7 rings (SSSR count). The van der Waals surface area contributed by atoms with Crippen molar-refractivity contribution in [1.82, 2.24) is 9.58 Å². The molecule has 1 aliphatic carbocycles. The lowest BCUT2D eigenvalue weighted by Gasteiger charge is -2.51. The standard InChI is InChI=1S/C26H19F2N3O4S/c27-17-5-4-14-16(22(17)28)10-19-21-13(12-36-19)2-1-3-15(21)23(14)31-20-11-35-9-8-29(20)26(34)24-25(33)18(32)6-7-30(24)31/h1-7,12,20,23,33H,8-11H2/t20-,23+/m1/s1. The van der Waals surface area contributed by atoms with Crippen LogP contribution >= 0.6 is 11.3 Å². The molecule has 36 heavy (non-hydrogen) atoms. The highest BCUT2D eigenvalue weighted by atomic mass is 32.1. The normalized spacial score (nSPS) is 20.7. The maximum Gasteiger partial charge on any atom is 0.278 e. The molecule has 0 radical (unpaired) electrons. The van der Waals surface area contributed by atoms with E-state index in [1.807, 2.05) is 28.6 Å². The van der Waals surface area contributed by atoms with Crippen molar-refractivity contribution in [2.75, 3.05) is 24.8 Å². The van der Waals surface area contributed by atoms with Gasteiger partial charge in [-0.3, -0.25) is 19.3 Å². The van der Waals surface area contributed by atoms with Crippen molar-refractivity contribution in [1.29, 1.82) is 0 Å². The van der Waals surface area contributed by atoms with Crippen LogP contribution in [0.5, 0.6) is 5.75 Å². The largest absolute Gasteiger partial charge is 0.502 e. The number of morpholine rings is 1. The van der Waals surface area contributed by atoms with Crippen LogP contribution in [0.4, 0.5) is 8.78 Å². The van der Waals surface area contributed by atoms with Crippen LogP contribution in [0.2, 0.25) is 0 Å². The zero-order valence-electron chi connectivity index (χ0n) is 18.8. The monoisotopic (exact) mass is 507 g/mol. The Morgan fingerprint density at radius 3 is 2.81 bits per heavy atom. The number of aromatic nitrogens is 1. The van der Waals surface area contributed by atoms with E-state index in [2.05, 4.69) is 0 Å². The number of amides is 1. The predicted molar refractivity (Wildman–Crippen MR) is 129 cm³/mol. The number of rotatable bonds is 1. The highest BCUT2D eigenvalue weighted by Crippen LogP contribution is 2.45. The van der Waals surface area contributed by atoms with Crippen molar-refractivity contribution >= 4 is 28.0 Å². The number of pyridine rings is 1. The summed E-state index contributed by atoms with van der Waals surface area (Å²) in [4.78, 5) is 28.2. The third-order valence-corrected chi connectivity index (χ3v) is 8.34. The fraction of sp³-hybridized carbons (Fsp3) is 0.231. The van der Waals surface area contributed by atoms with E-state index >= 15 is 4.39 Å². The Balaban J connectivity index is 1.59. The lowest BCUT2D eigenvalue weighted by atomic mass is 9.92. The fourth-order valence-corrected chi connectivity index (χ4v) is 6.80. The number of fused-ring (bicyclic) bond motifs is 3. The maximum atomic E-state index is 15.4. The van der Waals surface area contributed by atoms with E-state index in [0.717, 1.165) is 27.3 Å². The third-order valence-electron chi connectivity index (χ3n) is 7.33. The minimum absolute atomic E-state index is 0.160. The molecule has 0 bridgehead atoms. The molecular weight excluding hydrogens is 488 g/mol. The number of hydrogen-bond donors (Lipinski definition) is 1. The number of benzene rings is 2. The van der Waals surface area contributed by atoms with Crippen LogP contribution < -0.4 is 10.4 Å². The van der Waals surface area contributed by atoms with Gasteiger partial charge in [0.25, 0.3) is 5.91 Å². The molecule has 1 saturated heterocycles. The van der Waals surface area contributed by atoms with E-state index in [-0.39, 0.29) is 30.8 Å². The van der Waals surface area contributed by atoms with E-state index < -0.39 is 40.9 Å². The second-order valence-electron chi connectivity index (χ2n) is 9.13. The first-order valence-corrected chi connectivity index (χ1v) is 12.4. The molecule has 10 heteroatoms. The van der Waals surface area contributed by atoms with Gasteiger partial charge >= 0.3 is 0 Å². The first kappa shape index (κ1) is 21.5. The number of carbonyl (C=O) groups is 1. The van der Waals surface area contributed by atoms with Gasteiger partial charge in [0.15, 0.2) is 23.1 Å². The van der Waals surface area contributed by atoms with Gasteiger partial charge in [-0.1, -0.05) is 24.3 Å². The van der Waals surface area contributed by atoms with Crippen LogP contribution in [0, 0.1) is 11.6 Å². The molecule has 4 heterocycles. The average molecular weight is 508 g/mol. The molecule has 1 fully saturated rings. The summed E-state index contributed by atoms with van der Waals surface area (Å²) < 4.78 is 37.1. The van der Waals surface area contributed by atoms with Crippen LogP contribution in [0.3, 0.4) is 0 Å². The topological polar surface area (TPSA) is 75.0 Å². The Kier molecular flexibility index (Phi) is 4.55. The molecule has 2 aromatic carbocycles. The summed E-state index contributed by atoms with van der Waals surface area (Å²) in [6.07, 6.45) is 1.06. The molecule has 2 aromatic heterocycles. The van der Waals surface area contributed by atoms with E-state index in [1.54, 1.807) is 11.0 Å². The lowest BCUT2D eigenvalue weighted by Crippen LogP contribution is -2.66. The van der Waals surface area contributed by atoms with Crippen LogP contribution in [-0.2, 0) is 11.2 Å². The summed E-state index contributed by atoms with van der Waals surface area (Å²) in [5.41, 5.74) is 0.822. The van der Waals surface area contributed by atoms with Crippen molar-refractivity contribution in [2.45, 2.75) is 18.6 Å². The predicted octanol–water partition coefficient (Wildman–Crippen LogP) is 3.49. The van der Waals surface area contributed by atoms with Crippen LogP contribution in [-0.4, -0.2) is 46.5 Å². The molecule has 0 unspecified atom stereocenters. The van der Waals surface area contributed by atoms with Crippen LogP contribution in [0.15, 0.2) is 52.8 Å². The quantitative estimate of drug-likeness (QED) is 0.427. The van der Waals surface area contributed by atoms with Gasteiger partial charge in [-0.2, -0.15) is 0 Å². The summed E-state index contributed by atoms with van der Waals surface area (Å²) >= 11 is 1.50. The highest BCUT2D eigenvalue weighted by molar-refractivity contribution is 7.11. The van der Waals surface area contributed by atoms with E-state index in [4.69, 9.17) is 4.74 Å². The Bertz CT molecular complexity index is 1650. The van der Waals surface area contributed by atoms with Gasteiger partial charge in [-0.05, 0) is 28.0 Å². The van der Waals surface area contributed by atoms with E-state index in [0.29, 0.717) is 12.2 Å². The molecule has 0 saturated carbocycles. The third kappa shape index (κ3) is 2.79. The molecule has 3 aliphatic rings. The van der Waals surface area contributed by atoms with E-state index in [1.165, 1.54) is 28.3 Å². The minimum atomic E-state index is -0.926.